The van der Waals surface area contributed by atoms with Crippen LogP contribution in [0.3, 0.4) is 0 Å². The summed E-state index contributed by atoms with van der Waals surface area (Å²) in [5.74, 6) is 0.243. The Morgan fingerprint density at radius 1 is 0.933 bits per heavy atom. The third kappa shape index (κ3) is 3.31. The van der Waals surface area contributed by atoms with Crippen LogP contribution in [0.15, 0.2) is 84.9 Å². The molecule has 1 unspecified atom stereocenters. The number of halogens is 1. The topological polar surface area (TPSA) is 40.5 Å². The summed E-state index contributed by atoms with van der Waals surface area (Å²) in [7, 11) is 0. The first-order valence-electron chi connectivity index (χ1n) is 9.95. The number of aromatic hydroxyl groups is 1. The summed E-state index contributed by atoms with van der Waals surface area (Å²) in [4.78, 5) is 15.1. The van der Waals surface area contributed by atoms with Crippen LogP contribution in [-0.4, -0.2) is 11.0 Å². The van der Waals surface area contributed by atoms with Crippen LogP contribution in [0.1, 0.15) is 29.0 Å². The van der Waals surface area contributed by atoms with Crippen molar-refractivity contribution in [1.29, 1.82) is 0 Å². The van der Waals surface area contributed by atoms with E-state index in [2.05, 4.69) is 18.2 Å². The van der Waals surface area contributed by atoms with Gasteiger partial charge in [-0.2, -0.15) is 0 Å². The van der Waals surface area contributed by atoms with Crippen LogP contribution < -0.4 is 4.90 Å². The van der Waals surface area contributed by atoms with E-state index in [9.17, 15) is 9.90 Å². The Labute approximate surface area is 180 Å². The fourth-order valence-corrected chi connectivity index (χ4v) is 4.60. The minimum Gasteiger partial charge on any atom is -0.508 e. The molecule has 5 rings (SSSR count). The van der Waals surface area contributed by atoms with E-state index in [1.54, 1.807) is 12.1 Å². The van der Waals surface area contributed by atoms with Gasteiger partial charge in [0.1, 0.15) is 5.75 Å². The van der Waals surface area contributed by atoms with Crippen molar-refractivity contribution in [3.8, 4) is 5.75 Å². The molecule has 0 saturated carbocycles. The number of anilines is 1. The first-order valence-corrected chi connectivity index (χ1v) is 10.3. The van der Waals surface area contributed by atoms with Gasteiger partial charge in [0.15, 0.2) is 0 Å². The Morgan fingerprint density at radius 3 is 2.53 bits per heavy atom. The summed E-state index contributed by atoms with van der Waals surface area (Å²) < 4.78 is 0. The maximum Gasteiger partial charge on any atom is 0.228 e. The highest BCUT2D eigenvalue weighted by atomic mass is 35.5. The Balaban J connectivity index is 1.68. The molecule has 1 aliphatic heterocycles. The van der Waals surface area contributed by atoms with Crippen molar-refractivity contribution in [3.63, 3.8) is 0 Å². The standard InChI is InChI=1S/C26H20ClNO2/c27-20-6-3-4-17(14-20)16-28-24-13-10-18-5-1-2-7-22(18)26(24)23(15-25(28)30)19-8-11-21(29)12-9-19/h1-14,23,29H,15-16H2. The first-order chi connectivity index (χ1) is 14.6. The van der Waals surface area contributed by atoms with Crippen molar-refractivity contribution in [2.24, 2.45) is 0 Å². The number of benzene rings is 4. The molecule has 1 amide bonds. The van der Waals surface area contributed by atoms with Crippen LogP contribution in [-0.2, 0) is 11.3 Å². The summed E-state index contributed by atoms with van der Waals surface area (Å²) >= 11 is 6.17. The van der Waals surface area contributed by atoms with Gasteiger partial charge in [-0.25, -0.2) is 0 Å². The van der Waals surface area contributed by atoms with Crippen molar-refractivity contribution in [2.75, 3.05) is 4.90 Å². The zero-order chi connectivity index (χ0) is 20.7. The van der Waals surface area contributed by atoms with Crippen LogP contribution in [0.5, 0.6) is 5.75 Å². The monoisotopic (exact) mass is 413 g/mol. The van der Waals surface area contributed by atoms with E-state index in [0.717, 1.165) is 33.2 Å². The molecule has 4 heteroatoms. The van der Waals surface area contributed by atoms with Crippen LogP contribution in [0.4, 0.5) is 5.69 Å². The number of carbonyl (C=O) groups excluding carboxylic acids is 1. The molecular formula is C26H20ClNO2. The first kappa shape index (κ1) is 18.7. The van der Waals surface area contributed by atoms with E-state index in [1.807, 2.05) is 59.5 Å². The Kier molecular flexibility index (Phi) is 4.68. The highest BCUT2D eigenvalue weighted by Crippen LogP contribution is 2.44. The lowest BCUT2D eigenvalue weighted by Crippen LogP contribution is -2.36. The number of amides is 1. The molecule has 0 radical (unpaired) electrons. The number of rotatable bonds is 3. The number of hydrogen-bond acceptors (Lipinski definition) is 2. The van der Waals surface area contributed by atoms with Gasteiger partial charge in [0.05, 0.1) is 6.54 Å². The molecule has 1 heterocycles. The highest BCUT2D eigenvalue weighted by Gasteiger charge is 2.33. The minimum absolute atomic E-state index is 0.0604. The van der Waals surface area contributed by atoms with E-state index in [0.29, 0.717) is 18.0 Å². The maximum atomic E-state index is 13.3. The molecule has 148 valence electrons. The van der Waals surface area contributed by atoms with Gasteiger partial charge in [-0.1, -0.05) is 66.2 Å². The Morgan fingerprint density at radius 2 is 1.73 bits per heavy atom. The maximum absolute atomic E-state index is 13.3. The average molecular weight is 414 g/mol. The molecule has 1 atom stereocenters. The predicted molar refractivity (Wildman–Crippen MR) is 121 cm³/mol. The molecule has 0 saturated heterocycles. The zero-order valence-corrected chi connectivity index (χ0v) is 17.0. The van der Waals surface area contributed by atoms with Gasteiger partial charge < -0.3 is 10.0 Å². The van der Waals surface area contributed by atoms with Gasteiger partial charge in [-0.05, 0) is 57.8 Å². The fourth-order valence-electron chi connectivity index (χ4n) is 4.39. The SMILES string of the molecule is O=C1CC(c2ccc(O)cc2)c2c(ccc3ccccc23)N1Cc1cccc(Cl)c1. The summed E-state index contributed by atoms with van der Waals surface area (Å²) in [5.41, 5.74) is 4.11. The number of nitrogens with zero attached hydrogens (tertiary/aromatic N) is 1. The lowest BCUT2D eigenvalue weighted by molar-refractivity contribution is -0.119. The molecule has 1 aliphatic rings. The van der Waals surface area contributed by atoms with Gasteiger partial charge in [-0.3, -0.25) is 4.79 Å². The second-order valence-corrected chi connectivity index (χ2v) is 8.11. The van der Waals surface area contributed by atoms with Crippen LogP contribution >= 0.6 is 11.6 Å². The molecule has 0 fully saturated rings. The Hall–Kier alpha value is -3.30. The number of carbonyl (C=O) groups is 1. The second-order valence-electron chi connectivity index (χ2n) is 7.68. The van der Waals surface area contributed by atoms with Gasteiger partial charge >= 0.3 is 0 Å². The zero-order valence-electron chi connectivity index (χ0n) is 16.3. The molecule has 0 aromatic heterocycles. The van der Waals surface area contributed by atoms with Gasteiger partial charge in [0.25, 0.3) is 0 Å². The molecule has 0 aliphatic carbocycles. The smallest absolute Gasteiger partial charge is 0.228 e. The molecule has 0 bridgehead atoms. The molecule has 1 N–H and O–H groups in total. The number of hydrogen-bond donors (Lipinski definition) is 1. The second kappa shape index (κ2) is 7.51. The quantitative estimate of drug-likeness (QED) is 0.430. The largest absolute Gasteiger partial charge is 0.508 e. The number of phenolic OH excluding ortho intramolecular Hbond substituents is 1. The lowest BCUT2D eigenvalue weighted by atomic mass is 9.81. The molecule has 3 nitrogen and oxygen atoms in total. The van der Waals surface area contributed by atoms with Gasteiger partial charge in [0.2, 0.25) is 5.91 Å². The van der Waals surface area contributed by atoms with Crippen molar-refractivity contribution < 1.29 is 9.90 Å². The molecule has 4 aromatic carbocycles. The van der Waals surface area contributed by atoms with Crippen LogP contribution in [0.25, 0.3) is 10.8 Å². The molecule has 0 spiro atoms. The lowest BCUT2D eigenvalue weighted by Gasteiger charge is -2.35. The van der Waals surface area contributed by atoms with E-state index in [1.165, 1.54) is 0 Å². The van der Waals surface area contributed by atoms with E-state index in [-0.39, 0.29) is 17.6 Å². The number of phenols is 1. The predicted octanol–water partition coefficient (Wildman–Crippen LogP) is 6.27. The Bertz CT molecular complexity index is 1250. The van der Waals surface area contributed by atoms with Crippen molar-refractivity contribution >= 4 is 34.0 Å². The number of fused-ring (bicyclic) bond motifs is 3. The third-order valence-corrected chi connectivity index (χ3v) is 6.03. The van der Waals surface area contributed by atoms with E-state index >= 15 is 0 Å². The van der Waals surface area contributed by atoms with Crippen molar-refractivity contribution in [3.05, 3.63) is 107 Å². The highest BCUT2D eigenvalue weighted by molar-refractivity contribution is 6.30. The molecular weight excluding hydrogens is 394 g/mol. The van der Waals surface area contributed by atoms with Crippen LogP contribution in [0.2, 0.25) is 5.02 Å². The van der Waals surface area contributed by atoms with Crippen molar-refractivity contribution in [1.82, 2.24) is 0 Å². The average Bonchev–Trinajstić information content (AvgIpc) is 2.76. The van der Waals surface area contributed by atoms with E-state index in [4.69, 9.17) is 11.6 Å². The molecule has 4 aromatic rings. The summed E-state index contributed by atoms with van der Waals surface area (Å²) in [6.45, 7) is 0.479. The van der Waals surface area contributed by atoms with Gasteiger partial charge in [-0.15, -0.1) is 0 Å². The van der Waals surface area contributed by atoms with Gasteiger partial charge in [0, 0.05) is 23.0 Å². The minimum atomic E-state index is -0.0604. The van der Waals surface area contributed by atoms with Crippen molar-refractivity contribution in [2.45, 2.75) is 18.9 Å². The molecule has 30 heavy (non-hydrogen) atoms. The van der Waals surface area contributed by atoms with Crippen LogP contribution in [0, 0.1) is 0 Å². The summed E-state index contributed by atoms with van der Waals surface area (Å²) in [6.07, 6.45) is 0.381. The summed E-state index contributed by atoms with van der Waals surface area (Å²) in [6, 6.07) is 27.2. The summed E-state index contributed by atoms with van der Waals surface area (Å²) in [5, 5.41) is 12.7. The third-order valence-electron chi connectivity index (χ3n) is 5.79. The fraction of sp³-hybridized carbons (Fsp3) is 0.115. The van der Waals surface area contributed by atoms with E-state index < -0.39 is 0 Å². The normalized spacial score (nSPS) is 16.0.